The molecule has 1 aliphatic heterocycles. The molecule has 7 nitrogen and oxygen atoms in total. The minimum absolute atomic E-state index is 0.00853. The van der Waals surface area contributed by atoms with Crippen LogP contribution in [-0.4, -0.2) is 59.6 Å². The fourth-order valence-electron chi connectivity index (χ4n) is 3.67. The largest absolute Gasteiger partial charge is 0.392 e. The van der Waals surface area contributed by atoms with Crippen LogP contribution in [0.4, 0.5) is 10.5 Å². The number of anilines is 1. The number of benzene rings is 2. The molecule has 1 heterocycles. The Bertz CT molecular complexity index is 826. The van der Waals surface area contributed by atoms with E-state index in [1.165, 1.54) is 0 Å². The summed E-state index contributed by atoms with van der Waals surface area (Å²) < 4.78 is 0. The first-order valence-corrected chi connectivity index (χ1v) is 9.79. The smallest absolute Gasteiger partial charge is 0.316 e. The lowest BCUT2D eigenvalue weighted by Crippen LogP contribution is -2.39. The van der Waals surface area contributed by atoms with Crippen LogP contribution in [0.3, 0.4) is 0 Å². The van der Waals surface area contributed by atoms with Crippen molar-refractivity contribution in [1.29, 1.82) is 0 Å². The number of nitrogens with two attached hydrogens (primary N) is 1. The van der Waals surface area contributed by atoms with Gasteiger partial charge in [-0.1, -0.05) is 42.5 Å². The van der Waals surface area contributed by atoms with Gasteiger partial charge in [-0.15, -0.1) is 0 Å². The molecule has 1 unspecified atom stereocenters. The highest BCUT2D eigenvalue weighted by Gasteiger charge is 2.28. The summed E-state index contributed by atoms with van der Waals surface area (Å²) in [5.74, 6) is 0.00853. The molecule has 1 saturated heterocycles. The Morgan fingerprint density at radius 3 is 2.48 bits per heavy atom. The summed E-state index contributed by atoms with van der Waals surface area (Å²) >= 11 is 0. The molecule has 29 heavy (non-hydrogen) atoms. The second-order valence-electron chi connectivity index (χ2n) is 7.50. The molecular formula is C22H28N4O3. The SMILES string of the molecule is CN(C(=O)Cc1ccc(NC(N)=O)cc1)[C@@H](CN1CCC(O)C1)c1ccccc1. The van der Waals surface area contributed by atoms with Crippen molar-refractivity contribution < 1.29 is 14.7 Å². The number of aliphatic hydroxyl groups excluding tert-OH is 1. The van der Waals surface area contributed by atoms with Crippen molar-refractivity contribution in [2.75, 3.05) is 32.0 Å². The normalized spacial score (nSPS) is 17.7. The van der Waals surface area contributed by atoms with Gasteiger partial charge in [0.15, 0.2) is 0 Å². The number of carbonyl (C=O) groups excluding carboxylic acids is 2. The number of primary amides is 1. The number of urea groups is 1. The summed E-state index contributed by atoms with van der Waals surface area (Å²) in [6.45, 7) is 2.16. The van der Waals surface area contributed by atoms with Crippen molar-refractivity contribution in [2.45, 2.75) is 25.0 Å². The minimum atomic E-state index is -0.619. The maximum Gasteiger partial charge on any atom is 0.316 e. The van der Waals surface area contributed by atoms with Crippen molar-refractivity contribution in [3.63, 3.8) is 0 Å². The fraction of sp³-hybridized carbons (Fsp3) is 0.364. The topological polar surface area (TPSA) is 98.9 Å². The molecule has 0 saturated carbocycles. The van der Waals surface area contributed by atoms with E-state index in [-0.39, 0.29) is 24.5 Å². The molecule has 0 bridgehead atoms. The van der Waals surface area contributed by atoms with Crippen LogP contribution >= 0.6 is 0 Å². The van der Waals surface area contributed by atoms with Gasteiger partial charge in [0.25, 0.3) is 0 Å². The highest BCUT2D eigenvalue weighted by molar-refractivity contribution is 5.87. The van der Waals surface area contributed by atoms with Crippen LogP contribution in [-0.2, 0) is 11.2 Å². The van der Waals surface area contributed by atoms with Gasteiger partial charge in [-0.05, 0) is 29.7 Å². The molecular weight excluding hydrogens is 368 g/mol. The van der Waals surface area contributed by atoms with Gasteiger partial charge in [0.2, 0.25) is 5.91 Å². The number of β-amino-alcohol motifs (C(OH)–C–C–N with tert-alkyl or cyclic N) is 1. The van der Waals surface area contributed by atoms with Crippen molar-refractivity contribution in [3.05, 3.63) is 65.7 Å². The summed E-state index contributed by atoms with van der Waals surface area (Å²) in [5.41, 5.74) is 7.65. The predicted molar refractivity (Wildman–Crippen MR) is 112 cm³/mol. The van der Waals surface area contributed by atoms with Crippen molar-refractivity contribution in [3.8, 4) is 0 Å². The molecule has 2 atom stereocenters. The quantitative estimate of drug-likeness (QED) is 0.666. The van der Waals surface area contributed by atoms with Crippen molar-refractivity contribution in [1.82, 2.24) is 9.80 Å². The third-order valence-electron chi connectivity index (χ3n) is 5.30. The van der Waals surface area contributed by atoms with Gasteiger partial charge in [-0.2, -0.15) is 0 Å². The highest BCUT2D eigenvalue weighted by Crippen LogP contribution is 2.24. The van der Waals surface area contributed by atoms with Gasteiger partial charge in [0, 0.05) is 32.4 Å². The van der Waals surface area contributed by atoms with E-state index in [2.05, 4.69) is 10.2 Å². The number of hydrogen-bond acceptors (Lipinski definition) is 4. The van der Waals surface area contributed by atoms with E-state index in [0.29, 0.717) is 18.8 Å². The van der Waals surface area contributed by atoms with Gasteiger partial charge in [-0.25, -0.2) is 4.79 Å². The number of likely N-dealkylation sites (N-methyl/N-ethyl adjacent to an activating group) is 1. The number of hydrogen-bond donors (Lipinski definition) is 3. The monoisotopic (exact) mass is 396 g/mol. The molecule has 1 aliphatic rings. The van der Waals surface area contributed by atoms with E-state index >= 15 is 0 Å². The van der Waals surface area contributed by atoms with Gasteiger partial charge >= 0.3 is 6.03 Å². The predicted octanol–water partition coefficient (Wildman–Crippen LogP) is 1.99. The average Bonchev–Trinajstić information content (AvgIpc) is 3.12. The van der Waals surface area contributed by atoms with Gasteiger partial charge in [0.1, 0.15) is 0 Å². The Labute approximate surface area is 171 Å². The van der Waals surface area contributed by atoms with Crippen LogP contribution in [0.25, 0.3) is 0 Å². The Morgan fingerprint density at radius 2 is 1.90 bits per heavy atom. The number of amides is 3. The first-order valence-electron chi connectivity index (χ1n) is 9.79. The van der Waals surface area contributed by atoms with E-state index < -0.39 is 6.03 Å². The van der Waals surface area contributed by atoms with Crippen LogP contribution in [0, 0.1) is 0 Å². The van der Waals surface area contributed by atoms with Crippen LogP contribution in [0.15, 0.2) is 54.6 Å². The molecule has 0 radical (unpaired) electrons. The summed E-state index contributed by atoms with van der Waals surface area (Å²) in [5, 5.41) is 12.4. The number of carbonyl (C=O) groups is 2. The lowest BCUT2D eigenvalue weighted by atomic mass is 10.0. The van der Waals surface area contributed by atoms with Crippen LogP contribution < -0.4 is 11.1 Å². The molecule has 3 rings (SSSR count). The van der Waals surface area contributed by atoms with Crippen molar-refractivity contribution in [2.24, 2.45) is 5.73 Å². The van der Waals surface area contributed by atoms with Crippen LogP contribution in [0.1, 0.15) is 23.6 Å². The molecule has 1 fully saturated rings. The molecule has 154 valence electrons. The lowest BCUT2D eigenvalue weighted by Gasteiger charge is -2.32. The zero-order valence-electron chi connectivity index (χ0n) is 16.6. The molecule has 0 aliphatic carbocycles. The highest BCUT2D eigenvalue weighted by atomic mass is 16.3. The van der Waals surface area contributed by atoms with Crippen molar-refractivity contribution >= 4 is 17.6 Å². The summed E-state index contributed by atoms with van der Waals surface area (Å²) in [7, 11) is 1.83. The molecule has 7 heteroatoms. The van der Waals surface area contributed by atoms with Gasteiger partial charge < -0.3 is 21.1 Å². The fourth-order valence-corrected chi connectivity index (χ4v) is 3.67. The standard InChI is InChI=1S/C22H28N4O3/c1-25(21(28)13-16-7-9-18(10-8-16)24-22(23)29)20(17-5-3-2-4-6-17)15-26-12-11-19(27)14-26/h2-10,19-20,27H,11-15H2,1H3,(H3,23,24,29)/t19?,20-/m0/s1. The third-order valence-corrected chi connectivity index (χ3v) is 5.30. The summed E-state index contributed by atoms with van der Waals surface area (Å²) in [4.78, 5) is 27.9. The molecule has 0 aromatic heterocycles. The molecule has 2 aromatic carbocycles. The van der Waals surface area contributed by atoms with E-state index in [0.717, 1.165) is 24.1 Å². The summed E-state index contributed by atoms with van der Waals surface area (Å²) in [6, 6.07) is 16.3. The second kappa shape index (κ2) is 9.54. The molecule has 2 aromatic rings. The maximum atomic E-state index is 13.0. The Morgan fingerprint density at radius 1 is 1.21 bits per heavy atom. The maximum absolute atomic E-state index is 13.0. The Balaban J connectivity index is 1.70. The number of nitrogens with one attached hydrogen (secondary N) is 1. The third kappa shape index (κ3) is 5.79. The van der Waals surface area contributed by atoms with E-state index in [9.17, 15) is 14.7 Å². The Hall–Kier alpha value is -2.90. The summed E-state index contributed by atoms with van der Waals surface area (Å²) in [6.07, 6.45) is 0.740. The zero-order valence-corrected chi connectivity index (χ0v) is 16.6. The number of rotatable bonds is 7. The number of aliphatic hydroxyl groups is 1. The lowest BCUT2D eigenvalue weighted by molar-refractivity contribution is -0.131. The van der Waals surface area contributed by atoms with E-state index in [4.69, 9.17) is 5.73 Å². The molecule has 3 amide bonds. The minimum Gasteiger partial charge on any atom is -0.392 e. The zero-order chi connectivity index (χ0) is 20.8. The first-order chi connectivity index (χ1) is 13.9. The average molecular weight is 396 g/mol. The number of likely N-dealkylation sites (tertiary alicyclic amines) is 1. The van der Waals surface area contributed by atoms with Gasteiger partial charge in [0.05, 0.1) is 18.6 Å². The molecule has 4 N–H and O–H groups in total. The Kier molecular flexibility index (Phi) is 6.85. The van der Waals surface area contributed by atoms with E-state index in [1.54, 1.807) is 17.0 Å². The van der Waals surface area contributed by atoms with Crippen LogP contribution in [0.2, 0.25) is 0 Å². The van der Waals surface area contributed by atoms with E-state index in [1.807, 2.05) is 49.5 Å². The second-order valence-corrected chi connectivity index (χ2v) is 7.50. The molecule has 0 spiro atoms. The number of nitrogens with zero attached hydrogens (tertiary/aromatic N) is 2. The van der Waals surface area contributed by atoms with Crippen LogP contribution in [0.5, 0.6) is 0 Å². The first kappa shape index (κ1) is 20.8. The van der Waals surface area contributed by atoms with Gasteiger partial charge in [-0.3, -0.25) is 9.69 Å².